The van der Waals surface area contributed by atoms with Crippen LogP contribution in [0.5, 0.6) is 0 Å². The normalized spacial score (nSPS) is 11.2. The molecule has 0 aliphatic rings. The molecule has 0 aliphatic heterocycles. The zero-order valence-corrected chi connectivity index (χ0v) is 17.6. The Bertz CT molecular complexity index is 1360. The lowest BCUT2D eigenvalue weighted by Gasteiger charge is -2.08. The van der Waals surface area contributed by atoms with Gasteiger partial charge in [-0.3, -0.25) is 4.79 Å². The van der Waals surface area contributed by atoms with E-state index in [1.54, 1.807) is 30.5 Å². The number of aryl methyl sites for hydroxylation is 1. The van der Waals surface area contributed by atoms with Crippen LogP contribution in [0.4, 0.5) is 0 Å². The number of nitrogens with one attached hydrogen (secondary N) is 1. The summed E-state index contributed by atoms with van der Waals surface area (Å²) in [6.07, 6.45) is 4.91. The predicted octanol–water partition coefficient (Wildman–Crippen LogP) is 4.55. The number of aromatic carboxylic acids is 1. The Hall–Kier alpha value is -3.87. The van der Waals surface area contributed by atoms with Gasteiger partial charge in [0.15, 0.2) is 0 Å². The van der Waals surface area contributed by atoms with Crippen LogP contribution in [-0.4, -0.2) is 23.5 Å². The largest absolute Gasteiger partial charge is 0.478 e. The fourth-order valence-electron chi connectivity index (χ4n) is 3.84. The van der Waals surface area contributed by atoms with Crippen molar-refractivity contribution in [1.82, 2.24) is 5.32 Å². The lowest BCUT2D eigenvalue weighted by atomic mass is 10.0. The van der Waals surface area contributed by atoms with Crippen molar-refractivity contribution in [2.45, 2.75) is 32.6 Å². The highest BCUT2D eigenvalue weighted by Gasteiger charge is 2.16. The molecule has 164 valence electrons. The van der Waals surface area contributed by atoms with Gasteiger partial charge < -0.3 is 19.3 Å². The van der Waals surface area contributed by atoms with E-state index >= 15 is 0 Å². The molecule has 0 fully saturated rings. The van der Waals surface area contributed by atoms with E-state index < -0.39 is 11.9 Å². The molecule has 0 atom stereocenters. The Balaban J connectivity index is 1.56. The standard InChI is InChI=1S/C25H23NO6/c1-2-3-6-15-11-23(27)32-22-13-21-20(12-19(15)22)16(14-31-21)9-10-26-24(28)17-7-4-5-8-18(17)25(29)30/h4-5,7-8,11-14H,2-3,6,9-10H2,1H3,(H,26,28)(H,29,30). The third-order valence-electron chi connectivity index (χ3n) is 5.49. The molecule has 4 rings (SSSR count). The number of hydrogen-bond acceptors (Lipinski definition) is 5. The van der Waals surface area contributed by atoms with Crippen molar-refractivity contribution in [2.24, 2.45) is 0 Å². The molecule has 0 radical (unpaired) electrons. The smallest absolute Gasteiger partial charge is 0.336 e. The second-order valence-electron chi connectivity index (χ2n) is 7.66. The number of amides is 1. The fourth-order valence-corrected chi connectivity index (χ4v) is 3.84. The lowest BCUT2D eigenvalue weighted by Crippen LogP contribution is -2.27. The number of benzene rings is 2. The van der Waals surface area contributed by atoms with Crippen LogP contribution in [0.25, 0.3) is 21.9 Å². The van der Waals surface area contributed by atoms with Gasteiger partial charge in [-0.25, -0.2) is 9.59 Å². The Morgan fingerprint density at radius 3 is 2.47 bits per heavy atom. The van der Waals surface area contributed by atoms with E-state index in [1.165, 1.54) is 12.1 Å². The van der Waals surface area contributed by atoms with Gasteiger partial charge in [-0.1, -0.05) is 25.5 Å². The molecule has 7 heteroatoms. The number of unbranched alkanes of at least 4 members (excludes halogenated alkanes) is 1. The van der Waals surface area contributed by atoms with Crippen LogP contribution in [0.2, 0.25) is 0 Å². The van der Waals surface area contributed by atoms with Gasteiger partial charge in [0.2, 0.25) is 0 Å². The molecule has 0 aliphatic carbocycles. The molecule has 2 aromatic carbocycles. The molecule has 0 unspecified atom stereocenters. The molecule has 0 bridgehead atoms. The van der Waals surface area contributed by atoms with Crippen LogP contribution < -0.4 is 10.9 Å². The highest BCUT2D eigenvalue weighted by Crippen LogP contribution is 2.29. The van der Waals surface area contributed by atoms with E-state index in [2.05, 4.69) is 12.2 Å². The van der Waals surface area contributed by atoms with Crippen LogP contribution in [0.3, 0.4) is 0 Å². The number of carboxylic acid groups (broad SMARTS) is 1. The van der Waals surface area contributed by atoms with Gasteiger partial charge >= 0.3 is 11.6 Å². The summed E-state index contributed by atoms with van der Waals surface area (Å²) in [6.45, 7) is 2.41. The summed E-state index contributed by atoms with van der Waals surface area (Å²) in [5.41, 5.74) is 2.66. The zero-order valence-electron chi connectivity index (χ0n) is 17.6. The molecule has 2 aromatic heterocycles. The Morgan fingerprint density at radius 1 is 0.969 bits per heavy atom. The van der Waals surface area contributed by atoms with E-state index in [0.29, 0.717) is 24.1 Å². The van der Waals surface area contributed by atoms with Crippen LogP contribution in [0, 0.1) is 0 Å². The first kappa shape index (κ1) is 21.4. The lowest BCUT2D eigenvalue weighted by molar-refractivity contribution is 0.0691. The number of carbonyl (C=O) groups is 2. The Labute approximate surface area is 183 Å². The molecule has 32 heavy (non-hydrogen) atoms. The second-order valence-corrected chi connectivity index (χ2v) is 7.66. The summed E-state index contributed by atoms with van der Waals surface area (Å²) < 4.78 is 11.0. The molecule has 0 saturated heterocycles. The summed E-state index contributed by atoms with van der Waals surface area (Å²) in [5.74, 6) is -1.58. The first-order chi connectivity index (χ1) is 15.5. The molecule has 2 heterocycles. The van der Waals surface area contributed by atoms with Crippen molar-refractivity contribution >= 4 is 33.8 Å². The minimum Gasteiger partial charge on any atom is -0.478 e. The van der Waals surface area contributed by atoms with E-state index in [1.807, 2.05) is 6.07 Å². The van der Waals surface area contributed by atoms with Crippen molar-refractivity contribution in [3.05, 3.63) is 81.4 Å². The zero-order chi connectivity index (χ0) is 22.7. The number of fused-ring (bicyclic) bond motifs is 2. The maximum Gasteiger partial charge on any atom is 0.336 e. The quantitative estimate of drug-likeness (QED) is 0.395. The van der Waals surface area contributed by atoms with Crippen LogP contribution in [0.15, 0.2) is 62.4 Å². The third kappa shape index (κ3) is 4.27. The number of carboxylic acids is 1. The molecule has 2 N–H and O–H groups in total. The molecule has 0 spiro atoms. The number of carbonyl (C=O) groups excluding carboxylic acids is 1. The predicted molar refractivity (Wildman–Crippen MR) is 120 cm³/mol. The number of hydrogen-bond donors (Lipinski definition) is 2. The highest BCUT2D eigenvalue weighted by atomic mass is 16.4. The maximum absolute atomic E-state index is 12.5. The van der Waals surface area contributed by atoms with Crippen molar-refractivity contribution < 1.29 is 23.5 Å². The highest BCUT2D eigenvalue weighted by molar-refractivity contribution is 6.04. The summed E-state index contributed by atoms with van der Waals surface area (Å²) in [6, 6.07) is 11.4. The summed E-state index contributed by atoms with van der Waals surface area (Å²) in [7, 11) is 0. The fraction of sp³-hybridized carbons (Fsp3) is 0.240. The maximum atomic E-state index is 12.5. The van der Waals surface area contributed by atoms with Gasteiger partial charge in [0.25, 0.3) is 5.91 Å². The molecule has 7 nitrogen and oxygen atoms in total. The SMILES string of the molecule is CCCCc1cc(=O)oc2cc3occ(CCNC(=O)c4ccccc4C(=O)O)c3cc12. The minimum absolute atomic E-state index is 0.0358. The monoisotopic (exact) mass is 433 g/mol. The Morgan fingerprint density at radius 2 is 1.72 bits per heavy atom. The van der Waals surface area contributed by atoms with Gasteiger partial charge in [0.05, 0.1) is 17.4 Å². The van der Waals surface area contributed by atoms with E-state index in [9.17, 15) is 19.5 Å². The topological polar surface area (TPSA) is 110 Å². The van der Waals surface area contributed by atoms with Crippen molar-refractivity contribution in [1.29, 1.82) is 0 Å². The number of furan rings is 1. The van der Waals surface area contributed by atoms with E-state index in [-0.39, 0.29) is 16.8 Å². The molecule has 4 aromatic rings. The first-order valence-corrected chi connectivity index (χ1v) is 10.5. The van der Waals surface area contributed by atoms with Crippen molar-refractivity contribution in [2.75, 3.05) is 6.54 Å². The van der Waals surface area contributed by atoms with Crippen molar-refractivity contribution in [3.8, 4) is 0 Å². The third-order valence-corrected chi connectivity index (χ3v) is 5.49. The molecular weight excluding hydrogens is 410 g/mol. The van der Waals surface area contributed by atoms with Crippen LogP contribution in [0.1, 0.15) is 51.6 Å². The summed E-state index contributed by atoms with van der Waals surface area (Å²) >= 11 is 0. The summed E-state index contributed by atoms with van der Waals surface area (Å²) in [5, 5.41) is 13.8. The molecular formula is C25H23NO6. The van der Waals surface area contributed by atoms with Gasteiger partial charge in [0.1, 0.15) is 11.2 Å². The molecule has 1 amide bonds. The van der Waals surface area contributed by atoms with Gasteiger partial charge in [-0.15, -0.1) is 0 Å². The molecule has 0 saturated carbocycles. The first-order valence-electron chi connectivity index (χ1n) is 10.5. The second kappa shape index (κ2) is 9.09. The summed E-state index contributed by atoms with van der Waals surface area (Å²) in [4.78, 5) is 35.7. The average molecular weight is 433 g/mol. The Kier molecular flexibility index (Phi) is 6.07. The van der Waals surface area contributed by atoms with Gasteiger partial charge in [0, 0.05) is 29.4 Å². The van der Waals surface area contributed by atoms with Gasteiger partial charge in [-0.2, -0.15) is 0 Å². The van der Waals surface area contributed by atoms with E-state index in [0.717, 1.165) is 41.2 Å². The van der Waals surface area contributed by atoms with Crippen molar-refractivity contribution in [3.63, 3.8) is 0 Å². The van der Waals surface area contributed by atoms with E-state index in [4.69, 9.17) is 8.83 Å². The van der Waals surface area contributed by atoms with Gasteiger partial charge in [-0.05, 0) is 48.6 Å². The number of rotatable bonds is 8. The van der Waals surface area contributed by atoms with Crippen LogP contribution in [-0.2, 0) is 12.8 Å². The minimum atomic E-state index is -1.14. The average Bonchev–Trinajstić information content (AvgIpc) is 3.17. The van der Waals surface area contributed by atoms with Crippen LogP contribution >= 0.6 is 0 Å².